The standard InChI is InChI=1S/C16H22FN3O2/c17-14-3-1-13(2-4-14)15(19-7-5-18-6-8-19)16(21)20-9-11-22-12-10-20/h1-4,15,18H,5-12H2. The van der Waals surface area contributed by atoms with Crippen molar-refractivity contribution in [3.63, 3.8) is 0 Å². The highest BCUT2D eigenvalue weighted by Gasteiger charge is 2.32. The van der Waals surface area contributed by atoms with Crippen molar-refractivity contribution in [3.05, 3.63) is 35.6 Å². The van der Waals surface area contributed by atoms with Crippen LogP contribution in [0.2, 0.25) is 0 Å². The van der Waals surface area contributed by atoms with Crippen LogP contribution in [-0.2, 0) is 9.53 Å². The molecule has 6 heteroatoms. The van der Waals surface area contributed by atoms with Gasteiger partial charge in [-0.3, -0.25) is 9.69 Å². The van der Waals surface area contributed by atoms with Crippen molar-refractivity contribution in [2.24, 2.45) is 0 Å². The van der Waals surface area contributed by atoms with Gasteiger partial charge in [-0.15, -0.1) is 0 Å². The minimum absolute atomic E-state index is 0.0943. The summed E-state index contributed by atoms with van der Waals surface area (Å²) in [5.41, 5.74) is 0.861. The van der Waals surface area contributed by atoms with Crippen LogP contribution in [-0.4, -0.2) is 68.2 Å². The van der Waals surface area contributed by atoms with E-state index >= 15 is 0 Å². The average molecular weight is 307 g/mol. The molecule has 1 aromatic rings. The normalized spacial score (nSPS) is 21.6. The molecule has 1 amide bonds. The topological polar surface area (TPSA) is 44.8 Å². The molecular formula is C16H22FN3O2. The summed E-state index contributed by atoms with van der Waals surface area (Å²) >= 11 is 0. The number of nitrogens with zero attached hydrogens (tertiary/aromatic N) is 2. The number of nitrogens with one attached hydrogen (secondary N) is 1. The molecule has 5 nitrogen and oxygen atoms in total. The molecular weight excluding hydrogens is 285 g/mol. The van der Waals surface area contributed by atoms with Gasteiger partial charge in [0, 0.05) is 39.3 Å². The van der Waals surface area contributed by atoms with Crippen molar-refractivity contribution < 1.29 is 13.9 Å². The summed E-state index contributed by atoms with van der Waals surface area (Å²) in [7, 11) is 0. The van der Waals surface area contributed by atoms with Gasteiger partial charge in [-0.1, -0.05) is 12.1 Å². The molecule has 2 saturated heterocycles. The number of benzene rings is 1. The van der Waals surface area contributed by atoms with Gasteiger partial charge >= 0.3 is 0 Å². The van der Waals surface area contributed by atoms with Crippen LogP contribution in [0.4, 0.5) is 4.39 Å². The first-order valence-corrected chi connectivity index (χ1v) is 7.82. The second-order valence-corrected chi connectivity index (χ2v) is 5.68. The summed E-state index contributed by atoms with van der Waals surface area (Å²) in [6, 6.07) is 5.97. The first kappa shape index (κ1) is 15.4. The first-order valence-electron chi connectivity index (χ1n) is 7.82. The number of carbonyl (C=O) groups excluding carboxylic acids is 1. The molecule has 1 N–H and O–H groups in total. The molecule has 0 bridgehead atoms. The van der Waals surface area contributed by atoms with Crippen LogP contribution in [0.5, 0.6) is 0 Å². The Kier molecular flexibility index (Phi) is 5.02. The van der Waals surface area contributed by atoms with E-state index in [-0.39, 0.29) is 17.8 Å². The van der Waals surface area contributed by atoms with Crippen molar-refractivity contribution in [3.8, 4) is 0 Å². The van der Waals surface area contributed by atoms with E-state index in [4.69, 9.17) is 4.74 Å². The fourth-order valence-corrected chi connectivity index (χ4v) is 3.05. The minimum Gasteiger partial charge on any atom is -0.378 e. The molecule has 1 aromatic carbocycles. The number of carbonyl (C=O) groups is 1. The van der Waals surface area contributed by atoms with E-state index in [9.17, 15) is 9.18 Å². The van der Waals surface area contributed by atoms with Crippen LogP contribution in [0.25, 0.3) is 0 Å². The summed E-state index contributed by atoms with van der Waals surface area (Å²) in [4.78, 5) is 17.0. The number of ether oxygens (including phenoxy) is 1. The fraction of sp³-hybridized carbons (Fsp3) is 0.562. The van der Waals surface area contributed by atoms with Gasteiger partial charge in [-0.2, -0.15) is 0 Å². The van der Waals surface area contributed by atoms with Gasteiger partial charge in [0.25, 0.3) is 0 Å². The lowest BCUT2D eigenvalue weighted by Crippen LogP contribution is -2.52. The Hall–Kier alpha value is -1.50. The van der Waals surface area contributed by atoms with Crippen molar-refractivity contribution in [2.75, 3.05) is 52.5 Å². The number of halogens is 1. The largest absolute Gasteiger partial charge is 0.378 e. The molecule has 0 radical (unpaired) electrons. The van der Waals surface area contributed by atoms with Crippen molar-refractivity contribution in [1.82, 2.24) is 15.1 Å². The number of rotatable bonds is 3. The zero-order valence-corrected chi connectivity index (χ0v) is 12.6. The molecule has 2 fully saturated rings. The lowest BCUT2D eigenvalue weighted by Gasteiger charge is -2.38. The van der Waals surface area contributed by atoms with Crippen molar-refractivity contribution in [2.45, 2.75) is 6.04 Å². The summed E-state index contributed by atoms with van der Waals surface area (Å²) in [6.07, 6.45) is 0. The molecule has 2 aliphatic rings. The van der Waals surface area contributed by atoms with Crippen LogP contribution in [0, 0.1) is 5.82 Å². The average Bonchev–Trinajstić information content (AvgIpc) is 2.58. The summed E-state index contributed by atoms with van der Waals surface area (Å²) in [6.45, 7) is 5.80. The van der Waals surface area contributed by atoms with E-state index in [2.05, 4.69) is 10.2 Å². The Morgan fingerprint density at radius 2 is 1.73 bits per heavy atom. The highest BCUT2D eigenvalue weighted by Crippen LogP contribution is 2.24. The monoisotopic (exact) mass is 307 g/mol. The van der Waals surface area contributed by atoms with Crippen molar-refractivity contribution >= 4 is 5.91 Å². The first-order chi connectivity index (χ1) is 10.8. The Morgan fingerprint density at radius 3 is 2.36 bits per heavy atom. The molecule has 0 saturated carbocycles. The maximum Gasteiger partial charge on any atom is 0.244 e. The molecule has 120 valence electrons. The van der Waals surface area contributed by atoms with E-state index in [0.29, 0.717) is 26.3 Å². The lowest BCUT2D eigenvalue weighted by molar-refractivity contribution is -0.141. The summed E-state index contributed by atoms with van der Waals surface area (Å²) < 4.78 is 18.5. The minimum atomic E-state index is -0.333. The van der Waals surface area contributed by atoms with E-state index in [0.717, 1.165) is 31.7 Å². The van der Waals surface area contributed by atoms with E-state index in [1.807, 2.05) is 4.90 Å². The number of morpholine rings is 1. The molecule has 2 heterocycles. The molecule has 1 atom stereocenters. The molecule has 0 aliphatic carbocycles. The zero-order chi connectivity index (χ0) is 15.4. The highest BCUT2D eigenvalue weighted by molar-refractivity contribution is 5.83. The second-order valence-electron chi connectivity index (χ2n) is 5.68. The van der Waals surface area contributed by atoms with Crippen molar-refractivity contribution in [1.29, 1.82) is 0 Å². The van der Waals surface area contributed by atoms with Gasteiger partial charge in [-0.05, 0) is 17.7 Å². The van der Waals surface area contributed by atoms with Gasteiger partial charge in [0.2, 0.25) is 5.91 Å². The SMILES string of the molecule is O=C(C(c1ccc(F)cc1)N1CCNCC1)N1CCOCC1. The predicted molar refractivity (Wildman–Crippen MR) is 81.0 cm³/mol. The molecule has 0 spiro atoms. The van der Waals surface area contributed by atoms with Crippen LogP contribution in [0.3, 0.4) is 0 Å². The molecule has 0 aromatic heterocycles. The Morgan fingerprint density at radius 1 is 1.09 bits per heavy atom. The second kappa shape index (κ2) is 7.17. The van der Waals surface area contributed by atoms with Gasteiger partial charge in [0.05, 0.1) is 13.2 Å². The van der Waals surface area contributed by atoms with Crippen LogP contribution in [0.1, 0.15) is 11.6 Å². The lowest BCUT2D eigenvalue weighted by atomic mass is 10.0. The molecule has 2 aliphatic heterocycles. The Balaban J connectivity index is 1.84. The molecule has 22 heavy (non-hydrogen) atoms. The predicted octanol–water partition coefficient (Wildman–Crippen LogP) is 0.631. The molecule has 1 unspecified atom stereocenters. The quantitative estimate of drug-likeness (QED) is 0.890. The third-order valence-corrected chi connectivity index (χ3v) is 4.26. The van der Waals surface area contributed by atoms with Gasteiger partial charge < -0.3 is 15.0 Å². The van der Waals surface area contributed by atoms with Crippen LogP contribution in [0.15, 0.2) is 24.3 Å². The third-order valence-electron chi connectivity index (χ3n) is 4.26. The number of hydrogen-bond donors (Lipinski definition) is 1. The van der Waals surface area contributed by atoms with Gasteiger partial charge in [0.1, 0.15) is 11.9 Å². The zero-order valence-electron chi connectivity index (χ0n) is 12.6. The fourth-order valence-electron chi connectivity index (χ4n) is 3.05. The summed E-state index contributed by atoms with van der Waals surface area (Å²) in [5, 5.41) is 3.30. The smallest absolute Gasteiger partial charge is 0.244 e. The van der Waals surface area contributed by atoms with Crippen LogP contribution >= 0.6 is 0 Å². The molecule has 3 rings (SSSR count). The Bertz CT molecular complexity index is 497. The summed E-state index contributed by atoms with van der Waals surface area (Å²) in [5.74, 6) is -0.182. The maximum absolute atomic E-state index is 13.2. The van der Waals surface area contributed by atoms with Gasteiger partial charge in [0.15, 0.2) is 0 Å². The van der Waals surface area contributed by atoms with E-state index in [1.54, 1.807) is 12.1 Å². The van der Waals surface area contributed by atoms with Gasteiger partial charge in [-0.25, -0.2) is 4.39 Å². The number of amides is 1. The highest BCUT2D eigenvalue weighted by atomic mass is 19.1. The number of piperazine rings is 1. The maximum atomic E-state index is 13.2. The van der Waals surface area contributed by atoms with Crippen LogP contribution < -0.4 is 5.32 Å². The van der Waals surface area contributed by atoms with E-state index < -0.39 is 0 Å². The third kappa shape index (κ3) is 3.45. The van der Waals surface area contributed by atoms with E-state index in [1.165, 1.54) is 12.1 Å². The number of hydrogen-bond acceptors (Lipinski definition) is 4. The Labute approximate surface area is 130 Å².